The molecule has 0 spiro atoms. The minimum atomic E-state index is -2.42. The second-order valence-electron chi connectivity index (χ2n) is 25.4. The van der Waals surface area contributed by atoms with Crippen molar-refractivity contribution >= 4 is 59.3 Å². The Bertz CT molecular complexity index is 2510. The average molecular weight is 1140 g/mol. The Morgan fingerprint density at radius 1 is 0.615 bits per heavy atom. The van der Waals surface area contributed by atoms with Crippen LogP contribution < -0.4 is 0 Å². The highest BCUT2D eigenvalue weighted by molar-refractivity contribution is 6.18. The summed E-state index contributed by atoms with van der Waals surface area (Å²) in [6.45, 7) is 15.2. The van der Waals surface area contributed by atoms with Crippen molar-refractivity contribution in [2.45, 2.75) is 192 Å². The minimum Gasteiger partial charge on any atom is -0.497 e. The molecule has 0 radical (unpaired) electrons. The number of ether oxygens (including phenoxy) is 8. The molecule has 8 aliphatic carbocycles. The predicted molar refractivity (Wildman–Crippen MR) is 274 cm³/mol. The zero-order valence-corrected chi connectivity index (χ0v) is 47.8. The number of halogens is 4. The highest BCUT2D eigenvalue weighted by Crippen LogP contribution is 2.76. The first-order valence-electron chi connectivity index (χ1n) is 27.5. The van der Waals surface area contributed by atoms with Crippen LogP contribution in [0.2, 0.25) is 0 Å². The van der Waals surface area contributed by atoms with E-state index in [0.29, 0.717) is 33.8 Å². The van der Waals surface area contributed by atoms with Crippen molar-refractivity contribution in [3.05, 3.63) is 46.0 Å². The van der Waals surface area contributed by atoms with E-state index in [2.05, 4.69) is 0 Å². The number of rotatable bonds is 17. The van der Waals surface area contributed by atoms with Crippen LogP contribution >= 0.6 is 23.2 Å². The first-order valence-corrected chi connectivity index (χ1v) is 28.6. The quantitative estimate of drug-likeness (QED) is 0.0440. The van der Waals surface area contributed by atoms with Crippen LogP contribution in [-0.4, -0.2) is 133 Å². The van der Waals surface area contributed by atoms with E-state index in [1.54, 1.807) is 53.7 Å². The van der Waals surface area contributed by atoms with Crippen molar-refractivity contribution in [2.75, 3.05) is 38.2 Å². The predicted octanol–water partition coefficient (Wildman–Crippen LogP) is 8.90. The van der Waals surface area contributed by atoms with E-state index in [-0.39, 0.29) is 89.2 Å². The molecule has 2 heterocycles. The van der Waals surface area contributed by atoms with Gasteiger partial charge in [-0.15, -0.1) is 23.2 Å². The molecule has 10 aliphatic rings. The molecule has 16 unspecified atom stereocenters. The van der Waals surface area contributed by atoms with Crippen LogP contribution in [0, 0.1) is 45.3 Å². The molecule has 0 amide bonds. The third-order valence-corrected chi connectivity index (χ3v) is 21.1. The minimum absolute atomic E-state index is 0.102. The van der Waals surface area contributed by atoms with Gasteiger partial charge in [-0.2, -0.15) is 0 Å². The summed E-state index contributed by atoms with van der Waals surface area (Å²) < 4.78 is 90.4. The molecule has 0 aromatic rings. The van der Waals surface area contributed by atoms with E-state index in [1.807, 2.05) is 13.8 Å². The van der Waals surface area contributed by atoms with Gasteiger partial charge in [0, 0.05) is 60.2 Å². The normalized spacial score (nSPS) is 44.2. The summed E-state index contributed by atoms with van der Waals surface area (Å²) in [6.07, 6.45) is 0.0822. The standard InChI is InChI=1S/C58H74Cl2F2O16/c1-31(65)71-29-43(67)57-45(73-49(3,4)77-57)23-39-41-19-33(27-63)37-21-35(69-17-15-59)11-13-51(37,7)55(41,61)47(25-53(39,57)9)75-76-48-26-54(10)40(24-46-58(54,78-50(5,6)74-46)44(68)30-72-32(2)66)42-20-34(28-64)38-22-36(70-18-16-60)12-14-52(38,8)56(42,48)62/h21-22,27-28,39-42,45-48H,11-20,23-26,29-30H2,1-10H3. The summed E-state index contributed by atoms with van der Waals surface area (Å²) in [6, 6.07) is 0. The SMILES string of the molecule is CC(=O)OCC(=O)C12OC(C)(C)OC1CC1C3CC(C=O)=C4C=C(OCCCl)CCC4(C)C3(F)C(OOC3CC4(C)C(CC5OC(C)(C)OC54C(=O)COC(C)=O)C4CC(C=O)=C5C=C(OCCCl)CCC5(C)C34F)CC12C. The van der Waals surface area contributed by atoms with Gasteiger partial charge in [-0.25, -0.2) is 18.6 Å². The van der Waals surface area contributed by atoms with E-state index in [4.69, 9.17) is 70.9 Å². The number of Topliss-reactive ketones (excluding diaryl/α,β-unsaturated/α-hetero) is 2. The molecule has 4 saturated carbocycles. The fraction of sp³-hybridized carbons (Fsp3) is 0.759. The maximum absolute atomic E-state index is 20.5. The Balaban J connectivity index is 1.15. The number of fused-ring (bicyclic) bond motifs is 14. The van der Waals surface area contributed by atoms with Crippen molar-refractivity contribution < 1.29 is 85.2 Å². The lowest BCUT2D eigenvalue weighted by atomic mass is 9.43. The van der Waals surface area contributed by atoms with Gasteiger partial charge in [-0.05, 0) is 125 Å². The lowest BCUT2D eigenvalue weighted by Gasteiger charge is -2.65. The van der Waals surface area contributed by atoms with Crippen LogP contribution in [0.5, 0.6) is 0 Å². The molecular formula is C58H74Cl2F2O16. The molecule has 2 aliphatic heterocycles. The van der Waals surface area contributed by atoms with E-state index in [1.165, 1.54) is 13.8 Å². The van der Waals surface area contributed by atoms with Crippen molar-refractivity contribution in [3.63, 3.8) is 0 Å². The first kappa shape index (κ1) is 57.6. The van der Waals surface area contributed by atoms with E-state index >= 15 is 18.4 Å². The fourth-order valence-electron chi connectivity index (χ4n) is 17.8. The number of hydrogen-bond donors (Lipinski definition) is 0. The Labute approximate surface area is 464 Å². The van der Waals surface area contributed by atoms with Crippen LogP contribution in [0.3, 0.4) is 0 Å². The molecule has 78 heavy (non-hydrogen) atoms. The number of carbonyl (C=O) groups is 6. The number of esters is 2. The summed E-state index contributed by atoms with van der Waals surface area (Å²) in [4.78, 5) is 95.3. The summed E-state index contributed by atoms with van der Waals surface area (Å²) >= 11 is 12.1. The molecule has 0 bridgehead atoms. The van der Waals surface area contributed by atoms with Crippen molar-refractivity contribution in [3.8, 4) is 0 Å². The summed E-state index contributed by atoms with van der Waals surface area (Å²) in [5, 5.41) is 0. The molecule has 430 valence electrons. The van der Waals surface area contributed by atoms with Crippen LogP contribution in [0.25, 0.3) is 0 Å². The molecule has 16 nitrogen and oxygen atoms in total. The number of hydrogen-bond acceptors (Lipinski definition) is 16. The van der Waals surface area contributed by atoms with E-state index in [0.717, 1.165) is 12.6 Å². The third-order valence-electron chi connectivity index (χ3n) is 20.8. The number of aldehydes is 2. The second-order valence-corrected chi connectivity index (χ2v) is 26.2. The number of carbonyl (C=O) groups excluding carboxylic acids is 6. The molecule has 10 rings (SSSR count). The zero-order valence-electron chi connectivity index (χ0n) is 46.3. The van der Waals surface area contributed by atoms with E-state index < -0.39 is 141 Å². The maximum Gasteiger partial charge on any atom is 0.303 e. The largest absolute Gasteiger partial charge is 0.497 e. The fourth-order valence-corrected chi connectivity index (χ4v) is 17.9. The smallest absolute Gasteiger partial charge is 0.303 e. The van der Waals surface area contributed by atoms with Gasteiger partial charge >= 0.3 is 11.9 Å². The summed E-state index contributed by atoms with van der Waals surface area (Å²) in [5.41, 5.74) is -12.7. The monoisotopic (exact) mass is 1130 g/mol. The van der Waals surface area contributed by atoms with Crippen LogP contribution in [0.4, 0.5) is 8.78 Å². The van der Waals surface area contributed by atoms with Crippen LogP contribution in [0.15, 0.2) is 46.0 Å². The molecule has 0 aromatic heterocycles. The van der Waals surface area contributed by atoms with Gasteiger partial charge in [0.2, 0.25) is 11.6 Å². The lowest BCUT2D eigenvalue weighted by Crippen LogP contribution is -2.72. The maximum atomic E-state index is 20.5. The van der Waals surface area contributed by atoms with Gasteiger partial charge in [0.05, 0.1) is 35.5 Å². The van der Waals surface area contributed by atoms with Crippen molar-refractivity contribution in [1.29, 1.82) is 0 Å². The highest BCUT2D eigenvalue weighted by atomic mass is 35.5. The first-order chi connectivity index (χ1) is 36.6. The zero-order chi connectivity index (χ0) is 56.6. The summed E-state index contributed by atoms with van der Waals surface area (Å²) in [5.74, 6) is -7.35. The topological polar surface area (TPSA) is 195 Å². The molecule has 0 aromatic carbocycles. The van der Waals surface area contributed by atoms with Gasteiger partial charge < -0.3 is 37.9 Å². The Morgan fingerprint density at radius 3 is 1.32 bits per heavy atom. The molecular weight excluding hydrogens is 1060 g/mol. The summed E-state index contributed by atoms with van der Waals surface area (Å²) in [7, 11) is 0. The van der Waals surface area contributed by atoms with Crippen molar-refractivity contribution in [2.24, 2.45) is 45.3 Å². The van der Waals surface area contributed by atoms with Gasteiger partial charge in [0.1, 0.15) is 38.0 Å². The van der Waals surface area contributed by atoms with Crippen LogP contribution in [-0.2, 0) is 76.4 Å². The highest BCUT2D eigenvalue weighted by Gasteiger charge is 2.83. The Morgan fingerprint density at radius 2 is 0.987 bits per heavy atom. The van der Waals surface area contributed by atoms with E-state index in [9.17, 15) is 19.2 Å². The molecule has 0 N–H and O–H groups in total. The van der Waals surface area contributed by atoms with Gasteiger partial charge in [0.15, 0.2) is 47.3 Å². The van der Waals surface area contributed by atoms with Gasteiger partial charge in [-0.1, -0.05) is 27.7 Å². The molecule has 20 heteroatoms. The lowest BCUT2D eigenvalue weighted by molar-refractivity contribution is -0.428. The second kappa shape index (κ2) is 19.5. The third kappa shape index (κ3) is 7.95. The number of allylic oxidation sites excluding steroid dienone is 8. The van der Waals surface area contributed by atoms with Gasteiger partial charge in [0.25, 0.3) is 0 Å². The molecule has 16 atom stereocenters. The average Bonchev–Trinajstić information content (AvgIpc) is 4.14. The molecule has 6 fully saturated rings. The Kier molecular flexibility index (Phi) is 14.4. The van der Waals surface area contributed by atoms with Crippen molar-refractivity contribution in [1.82, 2.24) is 0 Å². The Hall–Kier alpha value is -3.62. The van der Waals surface area contributed by atoms with Crippen LogP contribution in [0.1, 0.15) is 133 Å². The molecule has 2 saturated heterocycles. The number of alkyl halides is 4. The number of ketones is 2. The van der Waals surface area contributed by atoms with Gasteiger partial charge in [-0.3, -0.25) is 28.8 Å².